The second-order valence-electron chi connectivity index (χ2n) is 14.5. The maximum atomic E-state index is 13.5. The standard InChI is InChI=1S/C35H42O8/c1-19(36)42-26-15-24-34(4,23-12-11-22(33(23,26)3)21-13-14-40-17-21)30(38)28-29-32(2,18-41-28)25(37)16-27(35(24,29)5)43-31(39)20-9-7-6-8-10-20/h6-10,12-14,17,22,24-30,37-38H,11,15-16,18H2,1-5H3/t22-,24-,25+,26-,27-,28+,29-,30+,32+,33-,34-,35-/m0/s1. The zero-order chi connectivity index (χ0) is 30.5. The minimum atomic E-state index is -0.875. The molecule has 0 radical (unpaired) electrons. The summed E-state index contributed by atoms with van der Waals surface area (Å²) in [5.41, 5.74) is -0.190. The number of rotatable bonds is 4. The van der Waals surface area contributed by atoms with Gasteiger partial charge in [0, 0.05) is 46.8 Å². The van der Waals surface area contributed by atoms with Gasteiger partial charge in [-0.15, -0.1) is 0 Å². The quantitative estimate of drug-likeness (QED) is 0.376. The first-order valence-corrected chi connectivity index (χ1v) is 15.5. The van der Waals surface area contributed by atoms with E-state index in [0.29, 0.717) is 25.0 Å². The predicted octanol–water partition coefficient (Wildman–Crippen LogP) is 5.05. The van der Waals surface area contributed by atoms with Crippen molar-refractivity contribution in [2.75, 3.05) is 6.61 Å². The Bertz CT molecular complexity index is 1450. The van der Waals surface area contributed by atoms with Crippen LogP contribution in [-0.4, -0.2) is 59.3 Å². The molecule has 1 aliphatic heterocycles. The summed E-state index contributed by atoms with van der Waals surface area (Å²) in [6.45, 7) is 10.2. The molecule has 0 spiro atoms. The lowest BCUT2D eigenvalue weighted by Gasteiger charge is -2.69. The molecule has 1 aromatic heterocycles. The van der Waals surface area contributed by atoms with E-state index in [4.69, 9.17) is 18.6 Å². The Hall–Kier alpha value is -2.94. The first kappa shape index (κ1) is 28.8. The number of fused-ring (bicyclic) bond motifs is 4. The summed E-state index contributed by atoms with van der Waals surface area (Å²) in [5.74, 6) is -1.34. The molecule has 4 fully saturated rings. The lowest BCUT2D eigenvalue weighted by atomic mass is 9.36. The Kier molecular flexibility index (Phi) is 6.38. The largest absolute Gasteiger partial charge is 0.472 e. The van der Waals surface area contributed by atoms with Gasteiger partial charge in [-0.05, 0) is 42.5 Å². The van der Waals surface area contributed by atoms with Crippen LogP contribution < -0.4 is 0 Å². The average molecular weight is 591 g/mol. The van der Waals surface area contributed by atoms with Crippen LogP contribution in [0.1, 0.15) is 75.7 Å². The van der Waals surface area contributed by atoms with E-state index in [-0.39, 0.29) is 30.1 Å². The number of carbonyl (C=O) groups is 2. The third-order valence-corrected chi connectivity index (χ3v) is 12.7. The second kappa shape index (κ2) is 9.53. The van der Waals surface area contributed by atoms with Gasteiger partial charge in [0.15, 0.2) is 0 Å². The van der Waals surface area contributed by atoms with Crippen LogP contribution >= 0.6 is 0 Å². The van der Waals surface area contributed by atoms with Crippen LogP contribution in [0.2, 0.25) is 0 Å². The lowest BCUT2D eigenvalue weighted by molar-refractivity contribution is -0.265. The molecule has 1 saturated heterocycles. The number of benzene rings is 1. The van der Waals surface area contributed by atoms with Crippen molar-refractivity contribution in [3.8, 4) is 0 Å². The van der Waals surface area contributed by atoms with Crippen molar-refractivity contribution in [3.63, 3.8) is 0 Å². The smallest absolute Gasteiger partial charge is 0.338 e. The summed E-state index contributed by atoms with van der Waals surface area (Å²) in [6.07, 6.45) is 3.74. The minimum absolute atomic E-state index is 0.00393. The van der Waals surface area contributed by atoms with E-state index in [0.717, 1.165) is 11.1 Å². The van der Waals surface area contributed by atoms with E-state index in [1.165, 1.54) is 6.92 Å². The Labute approximate surface area is 252 Å². The first-order valence-electron chi connectivity index (χ1n) is 15.5. The summed E-state index contributed by atoms with van der Waals surface area (Å²) >= 11 is 0. The monoisotopic (exact) mass is 590 g/mol. The summed E-state index contributed by atoms with van der Waals surface area (Å²) in [5, 5.41) is 24.0. The number of hydrogen-bond acceptors (Lipinski definition) is 8. The number of esters is 2. The van der Waals surface area contributed by atoms with Gasteiger partial charge >= 0.3 is 11.9 Å². The molecule has 2 heterocycles. The fourth-order valence-electron chi connectivity index (χ4n) is 10.7. The van der Waals surface area contributed by atoms with Crippen LogP contribution in [0.4, 0.5) is 0 Å². The van der Waals surface area contributed by atoms with Crippen molar-refractivity contribution in [1.29, 1.82) is 0 Å². The number of aliphatic hydroxyl groups is 2. The van der Waals surface area contributed by atoms with Crippen LogP contribution in [0, 0.1) is 33.5 Å². The van der Waals surface area contributed by atoms with Crippen LogP contribution in [0.5, 0.6) is 0 Å². The molecule has 0 unspecified atom stereocenters. The summed E-state index contributed by atoms with van der Waals surface area (Å²) in [6, 6.07) is 10.9. The Morgan fingerprint density at radius 3 is 2.37 bits per heavy atom. The number of ether oxygens (including phenoxy) is 3. The summed E-state index contributed by atoms with van der Waals surface area (Å²) in [4.78, 5) is 26.2. The second-order valence-corrected chi connectivity index (χ2v) is 14.5. The summed E-state index contributed by atoms with van der Waals surface area (Å²) < 4.78 is 24.5. The molecule has 4 aliphatic carbocycles. The molecular formula is C35H42O8. The Morgan fingerprint density at radius 1 is 0.953 bits per heavy atom. The van der Waals surface area contributed by atoms with Gasteiger partial charge in [-0.1, -0.05) is 57.5 Å². The number of allylic oxidation sites excluding steroid dienone is 1. The topological polar surface area (TPSA) is 115 Å². The molecule has 5 aliphatic rings. The number of furan rings is 1. The molecule has 8 heteroatoms. The molecule has 0 bridgehead atoms. The summed E-state index contributed by atoms with van der Waals surface area (Å²) in [7, 11) is 0. The van der Waals surface area contributed by atoms with E-state index in [1.54, 1.807) is 36.8 Å². The molecule has 43 heavy (non-hydrogen) atoms. The minimum Gasteiger partial charge on any atom is -0.472 e. The third-order valence-electron chi connectivity index (χ3n) is 12.7. The van der Waals surface area contributed by atoms with Gasteiger partial charge in [-0.3, -0.25) is 4.79 Å². The molecule has 8 nitrogen and oxygen atoms in total. The maximum Gasteiger partial charge on any atom is 0.338 e. The van der Waals surface area contributed by atoms with Crippen LogP contribution in [0.3, 0.4) is 0 Å². The number of aliphatic hydroxyl groups excluding tert-OH is 2. The van der Waals surface area contributed by atoms with E-state index in [9.17, 15) is 19.8 Å². The fraction of sp³-hybridized carbons (Fsp3) is 0.600. The molecule has 2 N–H and O–H groups in total. The molecule has 0 amide bonds. The maximum absolute atomic E-state index is 13.5. The highest BCUT2D eigenvalue weighted by Gasteiger charge is 2.78. The van der Waals surface area contributed by atoms with Gasteiger partial charge in [0.05, 0.1) is 43.0 Å². The van der Waals surface area contributed by atoms with Crippen molar-refractivity contribution in [2.45, 2.75) is 90.3 Å². The Morgan fingerprint density at radius 2 is 1.70 bits per heavy atom. The SMILES string of the molecule is CC(=O)O[C@H]1C[C@H]2[C@](C)(C3=CC[C@@H](c4ccoc4)[C@@]31C)[C@H](O)[C@@H]1OC[C@]3(C)[C@H](O)C[C@H](OC(=O)c4ccccc4)[C@@]2(C)[C@@H]13. The highest BCUT2D eigenvalue weighted by Crippen LogP contribution is 2.75. The molecule has 12 atom stereocenters. The molecule has 2 aromatic rings. The van der Waals surface area contributed by atoms with Gasteiger partial charge in [0.1, 0.15) is 12.2 Å². The van der Waals surface area contributed by atoms with Gasteiger partial charge in [0.2, 0.25) is 0 Å². The normalized spacial score (nSPS) is 46.3. The molecule has 3 saturated carbocycles. The van der Waals surface area contributed by atoms with E-state index in [1.807, 2.05) is 19.1 Å². The van der Waals surface area contributed by atoms with Gasteiger partial charge in [-0.25, -0.2) is 4.79 Å². The van der Waals surface area contributed by atoms with Gasteiger partial charge in [-0.2, -0.15) is 0 Å². The van der Waals surface area contributed by atoms with E-state index in [2.05, 4.69) is 26.8 Å². The van der Waals surface area contributed by atoms with Crippen LogP contribution in [-0.2, 0) is 19.0 Å². The van der Waals surface area contributed by atoms with E-state index >= 15 is 0 Å². The molecule has 230 valence electrons. The van der Waals surface area contributed by atoms with Crippen molar-refractivity contribution in [2.24, 2.45) is 33.5 Å². The lowest BCUT2D eigenvalue weighted by Crippen LogP contribution is -2.74. The number of hydrogen-bond donors (Lipinski definition) is 2. The predicted molar refractivity (Wildman–Crippen MR) is 156 cm³/mol. The molecular weight excluding hydrogens is 548 g/mol. The van der Waals surface area contributed by atoms with E-state index < -0.39 is 58.1 Å². The third kappa shape index (κ3) is 3.66. The number of carbonyl (C=O) groups excluding carboxylic acids is 2. The average Bonchev–Trinajstić information content (AvgIpc) is 3.71. The highest BCUT2D eigenvalue weighted by atomic mass is 16.6. The fourth-order valence-corrected chi connectivity index (χ4v) is 10.7. The highest BCUT2D eigenvalue weighted by molar-refractivity contribution is 5.89. The van der Waals surface area contributed by atoms with Crippen molar-refractivity contribution in [1.82, 2.24) is 0 Å². The van der Waals surface area contributed by atoms with Gasteiger partial charge < -0.3 is 28.8 Å². The molecule has 1 aromatic carbocycles. The molecule has 7 rings (SSSR count). The first-order chi connectivity index (χ1) is 20.4. The van der Waals surface area contributed by atoms with Crippen LogP contribution in [0.25, 0.3) is 0 Å². The Balaban J connectivity index is 1.38. The zero-order valence-corrected chi connectivity index (χ0v) is 25.5. The van der Waals surface area contributed by atoms with Crippen molar-refractivity contribution >= 4 is 11.9 Å². The van der Waals surface area contributed by atoms with Crippen LogP contribution in [0.15, 0.2) is 65.0 Å². The van der Waals surface area contributed by atoms with Crippen molar-refractivity contribution in [3.05, 3.63) is 71.7 Å². The van der Waals surface area contributed by atoms with Gasteiger partial charge in [0.25, 0.3) is 0 Å². The zero-order valence-electron chi connectivity index (χ0n) is 25.5. The van der Waals surface area contributed by atoms with Crippen molar-refractivity contribution < 1.29 is 38.4 Å².